The van der Waals surface area contributed by atoms with E-state index < -0.39 is 0 Å². The number of unbranched alkanes of at least 4 members (excludes halogenated alkanes) is 3. The number of hydrogen-bond donors (Lipinski definition) is 0. The Balaban J connectivity index is -0.000000112. The van der Waals surface area contributed by atoms with Crippen LogP contribution in [0.15, 0.2) is 0 Å². The molecule has 3 nitrogen and oxygen atoms in total. The Bertz CT molecular complexity index is 243. The summed E-state index contributed by atoms with van der Waals surface area (Å²) in [4.78, 5) is 22.7. The first-order valence-electron chi connectivity index (χ1n) is 6.00. The van der Waals surface area contributed by atoms with Crippen molar-refractivity contribution < 1.29 is 98.1 Å². The van der Waals surface area contributed by atoms with Gasteiger partial charge in [0.15, 0.2) is 0 Å². The van der Waals surface area contributed by atoms with Crippen LogP contribution in [0.5, 0.6) is 0 Å². The van der Waals surface area contributed by atoms with Crippen molar-refractivity contribution in [2.75, 3.05) is 0 Å². The zero-order chi connectivity index (χ0) is 12.4. The number of halogens is 2. The summed E-state index contributed by atoms with van der Waals surface area (Å²) in [5.41, 5.74) is 0. The first kappa shape index (κ1) is 29.8. The van der Waals surface area contributed by atoms with Gasteiger partial charge < -0.3 is 7.59 Å². The number of carbonyl (C=O) groups excluding carboxylic acids is 2. The van der Waals surface area contributed by atoms with Crippen molar-refractivity contribution in [2.45, 2.75) is 62.7 Å². The third kappa shape index (κ3) is 18.7. The molecule has 19 heavy (non-hydrogen) atoms. The molecule has 0 rings (SSSR count). The Morgan fingerprint density at radius 2 is 1.68 bits per heavy atom. The minimum absolute atomic E-state index is 0. The third-order valence-corrected chi connectivity index (χ3v) is 3.40. The SMILES string of the molecule is CCCCCC(=O)OC(=O)C(I)CCCC.Cl.[H-].[H-].[K+].[Na+]. The number of esters is 2. The van der Waals surface area contributed by atoms with Gasteiger partial charge in [-0.05, 0) is 12.8 Å². The summed E-state index contributed by atoms with van der Waals surface area (Å²) in [7, 11) is 0. The molecule has 0 aromatic carbocycles. The van der Waals surface area contributed by atoms with E-state index in [4.69, 9.17) is 4.74 Å². The molecule has 106 valence electrons. The quantitative estimate of drug-likeness (QED) is 0.113. The predicted octanol–water partition coefficient (Wildman–Crippen LogP) is -1.71. The maximum absolute atomic E-state index is 11.4. The molecule has 0 saturated heterocycles. The van der Waals surface area contributed by atoms with Gasteiger partial charge in [0.05, 0.1) is 0 Å². The van der Waals surface area contributed by atoms with Gasteiger partial charge in [0, 0.05) is 6.42 Å². The van der Waals surface area contributed by atoms with Crippen molar-refractivity contribution in [3.8, 4) is 0 Å². The van der Waals surface area contributed by atoms with Crippen molar-refractivity contribution in [3.63, 3.8) is 0 Å². The monoisotopic (exact) mass is 440 g/mol. The Labute approximate surface area is 204 Å². The van der Waals surface area contributed by atoms with Crippen molar-refractivity contribution in [3.05, 3.63) is 0 Å². The molecule has 0 spiro atoms. The summed E-state index contributed by atoms with van der Waals surface area (Å²) in [5.74, 6) is -0.757. The van der Waals surface area contributed by atoms with E-state index in [0.29, 0.717) is 6.42 Å². The molecule has 0 bridgehead atoms. The number of carbonyl (C=O) groups is 2. The molecular formula is C12H24ClIKNaO3. The maximum Gasteiger partial charge on any atom is 1.00 e. The third-order valence-electron chi connectivity index (χ3n) is 2.27. The van der Waals surface area contributed by atoms with E-state index in [1.807, 2.05) is 22.6 Å². The minimum atomic E-state index is -0.379. The molecule has 0 fully saturated rings. The molecule has 0 aromatic heterocycles. The van der Waals surface area contributed by atoms with Gasteiger partial charge in [-0.15, -0.1) is 12.4 Å². The molecule has 0 radical (unpaired) electrons. The van der Waals surface area contributed by atoms with Crippen LogP contribution < -0.4 is 80.9 Å². The van der Waals surface area contributed by atoms with Crippen molar-refractivity contribution >= 4 is 46.9 Å². The minimum Gasteiger partial charge on any atom is -1.00 e. The zero-order valence-electron chi connectivity index (χ0n) is 14.5. The largest absolute Gasteiger partial charge is 1.00 e. The van der Waals surface area contributed by atoms with E-state index in [1.165, 1.54) is 0 Å². The smallest absolute Gasteiger partial charge is 1.00 e. The number of hydrogen-bond acceptors (Lipinski definition) is 3. The molecule has 0 heterocycles. The molecule has 0 aliphatic rings. The topological polar surface area (TPSA) is 43.4 Å². The van der Waals surface area contributed by atoms with Gasteiger partial charge >= 0.3 is 92.9 Å². The van der Waals surface area contributed by atoms with Crippen LogP contribution in [0.1, 0.15) is 61.6 Å². The number of ether oxygens (including phenoxy) is 1. The van der Waals surface area contributed by atoms with Crippen LogP contribution in [-0.4, -0.2) is 15.9 Å². The van der Waals surface area contributed by atoms with E-state index in [9.17, 15) is 9.59 Å². The van der Waals surface area contributed by atoms with Gasteiger partial charge in [0.2, 0.25) is 0 Å². The molecule has 0 aromatic rings. The van der Waals surface area contributed by atoms with Gasteiger partial charge in [-0.2, -0.15) is 0 Å². The van der Waals surface area contributed by atoms with Crippen LogP contribution in [0, 0.1) is 0 Å². The van der Waals surface area contributed by atoms with Crippen molar-refractivity contribution in [1.82, 2.24) is 0 Å². The normalized spacial score (nSPS) is 10.3. The average Bonchev–Trinajstić information content (AvgIpc) is 2.26. The Morgan fingerprint density at radius 3 is 2.16 bits per heavy atom. The molecule has 0 aliphatic heterocycles. The second-order valence-electron chi connectivity index (χ2n) is 3.86. The molecule has 1 unspecified atom stereocenters. The standard InChI is InChI=1S/C12H21IO3.ClH.K.Na.2H/c1-3-5-7-9-11(14)16-12(15)10(13)8-6-4-2;;;;;/h10H,3-9H2,1-2H3;1H;;;;/q;;2*+1;2*-1. The van der Waals surface area contributed by atoms with Crippen LogP contribution in [-0.2, 0) is 14.3 Å². The van der Waals surface area contributed by atoms with Crippen molar-refractivity contribution in [2.24, 2.45) is 0 Å². The first-order valence-corrected chi connectivity index (χ1v) is 7.25. The molecule has 0 amide bonds. The van der Waals surface area contributed by atoms with E-state index in [0.717, 1.165) is 38.5 Å². The fourth-order valence-corrected chi connectivity index (χ4v) is 1.82. The summed E-state index contributed by atoms with van der Waals surface area (Å²) in [6.07, 6.45) is 6.07. The molecule has 0 saturated carbocycles. The van der Waals surface area contributed by atoms with Crippen molar-refractivity contribution in [1.29, 1.82) is 0 Å². The molecule has 1 atom stereocenters. The molecule has 0 N–H and O–H groups in total. The Kier molecular flexibility index (Phi) is 32.6. The predicted molar refractivity (Wildman–Crippen MR) is 82.0 cm³/mol. The summed E-state index contributed by atoms with van der Waals surface area (Å²) in [6, 6.07) is 0. The number of alkyl halides is 1. The van der Waals surface area contributed by atoms with Gasteiger partial charge in [-0.25, -0.2) is 0 Å². The fourth-order valence-electron chi connectivity index (χ4n) is 1.25. The van der Waals surface area contributed by atoms with Gasteiger partial charge in [0.25, 0.3) is 0 Å². The van der Waals surface area contributed by atoms with Gasteiger partial charge in [0.1, 0.15) is 3.92 Å². The average molecular weight is 441 g/mol. The maximum atomic E-state index is 11.4. The second kappa shape index (κ2) is 20.8. The van der Waals surface area contributed by atoms with E-state index >= 15 is 0 Å². The first-order chi connectivity index (χ1) is 7.61. The van der Waals surface area contributed by atoms with Crippen LogP contribution in [0.3, 0.4) is 0 Å². The molecule has 7 heteroatoms. The molecule has 0 aliphatic carbocycles. The van der Waals surface area contributed by atoms with Crippen LogP contribution in [0.4, 0.5) is 0 Å². The van der Waals surface area contributed by atoms with E-state index in [-0.39, 0.29) is 112 Å². The van der Waals surface area contributed by atoms with E-state index in [1.54, 1.807) is 0 Å². The van der Waals surface area contributed by atoms with Crippen LogP contribution in [0.2, 0.25) is 0 Å². The Morgan fingerprint density at radius 1 is 1.16 bits per heavy atom. The Hall–Kier alpha value is 2.80. The second-order valence-corrected chi connectivity index (χ2v) is 5.36. The number of rotatable bonds is 8. The van der Waals surface area contributed by atoms with Gasteiger partial charge in [-0.1, -0.05) is 62.1 Å². The summed E-state index contributed by atoms with van der Waals surface area (Å²) in [6.45, 7) is 4.15. The summed E-state index contributed by atoms with van der Waals surface area (Å²) in [5, 5.41) is 0. The van der Waals surface area contributed by atoms with Crippen LogP contribution >= 0.6 is 35.0 Å². The van der Waals surface area contributed by atoms with Crippen LogP contribution in [0.25, 0.3) is 0 Å². The molecular weight excluding hydrogens is 417 g/mol. The zero-order valence-corrected chi connectivity index (χ0v) is 20.6. The summed E-state index contributed by atoms with van der Waals surface area (Å²) >= 11 is 2.04. The fraction of sp³-hybridized carbons (Fsp3) is 0.833. The summed E-state index contributed by atoms with van der Waals surface area (Å²) < 4.78 is 4.58. The van der Waals surface area contributed by atoms with Gasteiger partial charge in [-0.3, -0.25) is 9.59 Å². The van der Waals surface area contributed by atoms with E-state index in [2.05, 4.69) is 13.8 Å².